The van der Waals surface area contributed by atoms with Crippen molar-refractivity contribution in [2.45, 2.75) is 12.5 Å². The highest BCUT2D eigenvalue weighted by atomic mass is 16.4. The Hall–Kier alpha value is -1.60. The zero-order valence-electron chi connectivity index (χ0n) is 8.26. The summed E-state index contributed by atoms with van der Waals surface area (Å²) in [6, 6.07) is -0.914. The van der Waals surface area contributed by atoms with Gasteiger partial charge >= 0.3 is 5.97 Å². The zero-order valence-corrected chi connectivity index (χ0v) is 8.26. The van der Waals surface area contributed by atoms with Crippen molar-refractivity contribution in [2.24, 2.45) is 11.5 Å². The molecule has 1 atom stereocenters. The van der Waals surface area contributed by atoms with Crippen LogP contribution in [0.5, 0.6) is 0 Å². The molecular formula is C8H15N5O2. The van der Waals surface area contributed by atoms with E-state index in [0.29, 0.717) is 18.8 Å². The molecule has 1 heterocycles. The first-order chi connectivity index (χ1) is 7.13. The van der Waals surface area contributed by atoms with Crippen molar-refractivity contribution < 1.29 is 9.90 Å². The van der Waals surface area contributed by atoms with E-state index in [0.717, 1.165) is 0 Å². The van der Waals surface area contributed by atoms with Crippen LogP contribution < -0.4 is 16.9 Å². The second kappa shape index (κ2) is 5.32. The van der Waals surface area contributed by atoms with Gasteiger partial charge in [-0.1, -0.05) is 0 Å². The number of carboxylic acids is 1. The smallest absolute Gasteiger partial charge is 0.320 e. The molecule has 0 fully saturated rings. The molecule has 0 aliphatic carbocycles. The van der Waals surface area contributed by atoms with Crippen LogP contribution in [0.2, 0.25) is 0 Å². The number of rotatable bonds is 6. The first kappa shape index (κ1) is 11.5. The summed E-state index contributed by atoms with van der Waals surface area (Å²) >= 11 is 0. The fraction of sp³-hybridized carbons (Fsp3) is 0.500. The van der Waals surface area contributed by atoms with Crippen molar-refractivity contribution in [3.8, 4) is 0 Å². The first-order valence-corrected chi connectivity index (χ1v) is 4.58. The molecule has 0 aromatic carbocycles. The van der Waals surface area contributed by atoms with Crippen molar-refractivity contribution in [3.63, 3.8) is 0 Å². The lowest BCUT2D eigenvalue weighted by atomic mass is 10.2. The summed E-state index contributed by atoms with van der Waals surface area (Å²) in [5.74, 6) is -1.03. The second-order valence-corrected chi connectivity index (χ2v) is 3.12. The molecule has 1 aromatic rings. The highest BCUT2D eigenvalue weighted by Gasteiger charge is 2.13. The molecule has 0 unspecified atom stereocenters. The van der Waals surface area contributed by atoms with Crippen LogP contribution in [0.3, 0.4) is 0 Å². The van der Waals surface area contributed by atoms with Crippen LogP contribution in [0.1, 0.15) is 5.69 Å². The molecule has 15 heavy (non-hydrogen) atoms. The van der Waals surface area contributed by atoms with Crippen LogP contribution in [-0.4, -0.2) is 39.9 Å². The van der Waals surface area contributed by atoms with Gasteiger partial charge < -0.3 is 22.0 Å². The van der Waals surface area contributed by atoms with Crippen LogP contribution in [0.25, 0.3) is 0 Å². The van der Waals surface area contributed by atoms with Gasteiger partial charge in [0, 0.05) is 25.7 Å². The maximum absolute atomic E-state index is 10.5. The van der Waals surface area contributed by atoms with E-state index in [2.05, 4.69) is 10.4 Å². The van der Waals surface area contributed by atoms with Crippen LogP contribution in [0, 0.1) is 0 Å². The van der Waals surface area contributed by atoms with Gasteiger partial charge in [-0.25, -0.2) is 4.98 Å². The normalized spacial score (nSPS) is 12.4. The SMILES string of the molecule is NCCNn1cnc(C[C@H](N)C(=O)O)c1. The minimum Gasteiger partial charge on any atom is -0.480 e. The molecule has 0 saturated heterocycles. The van der Waals surface area contributed by atoms with Crippen molar-refractivity contribution in [1.82, 2.24) is 9.66 Å². The fourth-order valence-corrected chi connectivity index (χ4v) is 1.06. The molecule has 0 saturated carbocycles. The number of nitrogens with two attached hydrogens (primary N) is 2. The summed E-state index contributed by atoms with van der Waals surface area (Å²) in [4.78, 5) is 14.5. The molecule has 0 bridgehead atoms. The van der Waals surface area contributed by atoms with Gasteiger partial charge in [-0.05, 0) is 0 Å². The van der Waals surface area contributed by atoms with Gasteiger partial charge in [-0.3, -0.25) is 9.47 Å². The maximum Gasteiger partial charge on any atom is 0.320 e. The summed E-state index contributed by atoms with van der Waals surface area (Å²) in [6.45, 7) is 1.14. The first-order valence-electron chi connectivity index (χ1n) is 4.58. The summed E-state index contributed by atoms with van der Waals surface area (Å²) in [5.41, 5.74) is 14.3. The van der Waals surface area contributed by atoms with Crippen molar-refractivity contribution in [2.75, 3.05) is 18.5 Å². The number of imidazole rings is 1. The van der Waals surface area contributed by atoms with E-state index in [1.54, 1.807) is 17.2 Å². The molecule has 0 aliphatic heterocycles. The lowest BCUT2D eigenvalue weighted by Gasteiger charge is -2.04. The van der Waals surface area contributed by atoms with Gasteiger partial charge in [0.2, 0.25) is 0 Å². The molecular weight excluding hydrogens is 198 g/mol. The average Bonchev–Trinajstić information content (AvgIpc) is 2.62. The molecule has 0 aliphatic rings. The predicted molar refractivity (Wildman–Crippen MR) is 54.8 cm³/mol. The van der Waals surface area contributed by atoms with E-state index in [9.17, 15) is 4.79 Å². The van der Waals surface area contributed by atoms with Gasteiger partial charge in [-0.15, -0.1) is 0 Å². The highest BCUT2D eigenvalue weighted by Crippen LogP contribution is 1.98. The molecule has 6 N–H and O–H groups in total. The number of aliphatic carboxylic acids is 1. The number of carboxylic acid groups (broad SMARTS) is 1. The Bertz CT molecular complexity index is 325. The van der Waals surface area contributed by atoms with Gasteiger partial charge in [0.15, 0.2) is 0 Å². The third-order valence-corrected chi connectivity index (χ3v) is 1.82. The third-order valence-electron chi connectivity index (χ3n) is 1.82. The van der Waals surface area contributed by atoms with Crippen molar-refractivity contribution in [1.29, 1.82) is 0 Å². The summed E-state index contributed by atoms with van der Waals surface area (Å²) in [7, 11) is 0. The van der Waals surface area contributed by atoms with Crippen molar-refractivity contribution >= 4 is 5.97 Å². The average molecular weight is 213 g/mol. The number of hydrogen-bond donors (Lipinski definition) is 4. The zero-order chi connectivity index (χ0) is 11.3. The minimum absolute atomic E-state index is 0.215. The Morgan fingerprint density at radius 2 is 2.47 bits per heavy atom. The van der Waals surface area contributed by atoms with Crippen LogP contribution in [0.4, 0.5) is 0 Å². The summed E-state index contributed by atoms with van der Waals surface area (Å²) in [6.07, 6.45) is 3.46. The number of aromatic nitrogens is 2. The summed E-state index contributed by atoms with van der Waals surface area (Å²) in [5, 5.41) is 8.60. The lowest BCUT2D eigenvalue weighted by Crippen LogP contribution is -2.32. The van der Waals surface area contributed by atoms with Crippen molar-refractivity contribution in [3.05, 3.63) is 18.2 Å². The van der Waals surface area contributed by atoms with E-state index in [1.807, 2.05) is 0 Å². The van der Waals surface area contributed by atoms with E-state index in [4.69, 9.17) is 16.6 Å². The number of hydrogen-bond acceptors (Lipinski definition) is 5. The van der Waals surface area contributed by atoms with E-state index >= 15 is 0 Å². The predicted octanol–water partition coefficient (Wildman–Crippen LogP) is -1.66. The Morgan fingerprint density at radius 1 is 1.73 bits per heavy atom. The van der Waals surface area contributed by atoms with E-state index in [1.165, 1.54) is 0 Å². The maximum atomic E-state index is 10.5. The molecule has 0 spiro atoms. The molecule has 1 rings (SSSR count). The van der Waals surface area contributed by atoms with Crippen LogP contribution >= 0.6 is 0 Å². The number of nitrogens with zero attached hydrogens (tertiary/aromatic N) is 2. The minimum atomic E-state index is -1.03. The Morgan fingerprint density at radius 3 is 3.07 bits per heavy atom. The molecule has 0 radical (unpaired) electrons. The molecule has 84 valence electrons. The summed E-state index contributed by atoms with van der Waals surface area (Å²) < 4.78 is 1.64. The fourth-order valence-electron chi connectivity index (χ4n) is 1.06. The molecule has 7 heteroatoms. The Labute approximate surface area is 87.1 Å². The lowest BCUT2D eigenvalue weighted by molar-refractivity contribution is -0.138. The largest absolute Gasteiger partial charge is 0.480 e. The Balaban J connectivity index is 2.49. The van der Waals surface area contributed by atoms with Gasteiger partial charge in [-0.2, -0.15) is 0 Å². The monoisotopic (exact) mass is 213 g/mol. The van der Waals surface area contributed by atoms with E-state index in [-0.39, 0.29) is 6.42 Å². The molecule has 7 nitrogen and oxygen atoms in total. The quantitative estimate of drug-likeness (QED) is 0.449. The van der Waals surface area contributed by atoms with Crippen LogP contribution in [-0.2, 0) is 11.2 Å². The second-order valence-electron chi connectivity index (χ2n) is 3.12. The van der Waals surface area contributed by atoms with E-state index < -0.39 is 12.0 Å². The van der Waals surface area contributed by atoms with Gasteiger partial charge in [0.25, 0.3) is 0 Å². The van der Waals surface area contributed by atoms with Gasteiger partial charge in [0.05, 0.1) is 5.69 Å². The third kappa shape index (κ3) is 3.56. The highest BCUT2D eigenvalue weighted by molar-refractivity contribution is 5.73. The molecule has 1 aromatic heterocycles. The number of nitrogens with one attached hydrogen (secondary N) is 1. The van der Waals surface area contributed by atoms with Crippen LogP contribution in [0.15, 0.2) is 12.5 Å². The van der Waals surface area contributed by atoms with Gasteiger partial charge in [0.1, 0.15) is 12.4 Å². The Kier molecular flexibility index (Phi) is 4.07. The molecule has 0 amide bonds. The topological polar surface area (TPSA) is 119 Å². The number of carbonyl (C=O) groups is 1. The standard InChI is InChI=1S/C8H15N5O2/c9-1-2-12-13-4-6(11-5-13)3-7(10)8(14)15/h4-5,7,12H,1-3,9-10H2,(H,14,15)/t7-/m0/s1.